The molecule has 10 heteroatoms. The largest absolute Gasteiger partial charge is 0.495 e. The number of rotatable bonds is 8. The Balaban J connectivity index is 1.59. The average molecular weight is 517 g/mol. The minimum Gasteiger partial charge on any atom is -0.495 e. The van der Waals surface area contributed by atoms with Gasteiger partial charge in [0.05, 0.1) is 25.9 Å². The second-order valence-corrected chi connectivity index (χ2v) is 10.0. The molecule has 1 aromatic heterocycles. The summed E-state index contributed by atoms with van der Waals surface area (Å²) in [4.78, 5) is 16.4. The van der Waals surface area contributed by atoms with E-state index in [9.17, 15) is 13.2 Å². The van der Waals surface area contributed by atoms with Crippen LogP contribution in [0.4, 0.5) is 11.5 Å². The van der Waals surface area contributed by atoms with Gasteiger partial charge < -0.3 is 14.2 Å². The van der Waals surface area contributed by atoms with E-state index in [1.807, 2.05) is 12.1 Å². The summed E-state index contributed by atoms with van der Waals surface area (Å²) in [5.74, 6) is 0.408. The molecule has 0 N–H and O–H groups in total. The van der Waals surface area contributed by atoms with Crippen LogP contribution in [0, 0.1) is 0 Å². The SMILES string of the molecule is COC(=O)c1ccc(N(c2csc(-c3ccc(C4CCCC(OC)C4)cc3)n2)[SH](=O)=O)c(OC)c1. The number of carbonyl (C=O) groups excluding carboxylic acids is 1. The fraction of sp³-hybridized carbons (Fsp3) is 0.360. The predicted molar refractivity (Wildman–Crippen MR) is 136 cm³/mol. The lowest BCUT2D eigenvalue weighted by atomic mass is 9.82. The quantitative estimate of drug-likeness (QED) is 0.335. The molecule has 186 valence electrons. The van der Waals surface area contributed by atoms with Gasteiger partial charge in [-0.1, -0.05) is 30.7 Å². The van der Waals surface area contributed by atoms with Crippen LogP contribution in [0.25, 0.3) is 10.6 Å². The summed E-state index contributed by atoms with van der Waals surface area (Å²) in [5.41, 5.74) is 2.71. The Kier molecular flexibility index (Phi) is 8.04. The molecule has 2 unspecified atom stereocenters. The van der Waals surface area contributed by atoms with Gasteiger partial charge in [0, 0.05) is 18.1 Å². The summed E-state index contributed by atoms with van der Waals surface area (Å²) in [6, 6.07) is 12.7. The zero-order chi connectivity index (χ0) is 24.9. The number of anilines is 2. The Morgan fingerprint density at radius 2 is 1.86 bits per heavy atom. The van der Waals surface area contributed by atoms with Gasteiger partial charge in [0.1, 0.15) is 16.4 Å². The van der Waals surface area contributed by atoms with Crippen molar-refractivity contribution in [1.29, 1.82) is 0 Å². The van der Waals surface area contributed by atoms with E-state index in [1.54, 1.807) is 12.5 Å². The van der Waals surface area contributed by atoms with Gasteiger partial charge in [0.25, 0.3) is 0 Å². The molecular formula is C25H28N2O6S2. The van der Waals surface area contributed by atoms with E-state index < -0.39 is 16.9 Å². The van der Waals surface area contributed by atoms with Gasteiger partial charge in [-0.05, 0) is 48.9 Å². The highest BCUT2D eigenvalue weighted by Gasteiger charge is 2.24. The monoisotopic (exact) mass is 516 g/mol. The van der Waals surface area contributed by atoms with Crippen LogP contribution in [0.15, 0.2) is 47.8 Å². The van der Waals surface area contributed by atoms with Crippen LogP contribution >= 0.6 is 11.3 Å². The summed E-state index contributed by atoms with van der Waals surface area (Å²) < 4.78 is 41.2. The first-order chi connectivity index (χ1) is 16.9. The molecule has 1 heterocycles. The van der Waals surface area contributed by atoms with Crippen LogP contribution in [0.5, 0.6) is 5.75 Å². The molecule has 0 spiro atoms. The van der Waals surface area contributed by atoms with Crippen LogP contribution in [-0.2, 0) is 20.4 Å². The molecule has 3 aromatic rings. The molecule has 1 aliphatic rings. The lowest BCUT2D eigenvalue weighted by Gasteiger charge is -2.28. The first-order valence-corrected chi connectivity index (χ1v) is 13.3. The Morgan fingerprint density at radius 1 is 1.09 bits per heavy atom. The molecule has 1 aliphatic carbocycles. The molecule has 4 rings (SSSR count). The number of aromatic nitrogens is 1. The van der Waals surface area contributed by atoms with E-state index in [-0.39, 0.29) is 22.8 Å². The summed E-state index contributed by atoms with van der Waals surface area (Å²) in [6.45, 7) is 0. The third-order valence-electron chi connectivity index (χ3n) is 6.29. The van der Waals surface area contributed by atoms with Gasteiger partial charge in [-0.2, -0.15) is 0 Å². The molecular weight excluding hydrogens is 488 g/mol. The molecule has 1 fully saturated rings. The Hall–Kier alpha value is -2.95. The smallest absolute Gasteiger partial charge is 0.337 e. The van der Waals surface area contributed by atoms with Crippen molar-refractivity contribution in [3.05, 3.63) is 59.0 Å². The van der Waals surface area contributed by atoms with Crippen molar-refractivity contribution >= 4 is 39.7 Å². The number of benzene rings is 2. The third-order valence-corrected chi connectivity index (χ3v) is 7.92. The second-order valence-electron chi connectivity index (χ2n) is 8.28. The minimum absolute atomic E-state index is 0.216. The summed E-state index contributed by atoms with van der Waals surface area (Å²) in [5, 5.41) is 2.39. The normalized spacial score (nSPS) is 17.8. The van der Waals surface area contributed by atoms with Crippen LogP contribution in [0.3, 0.4) is 0 Å². The number of thiazole rings is 1. The van der Waals surface area contributed by atoms with Gasteiger partial charge in [-0.3, -0.25) is 0 Å². The van der Waals surface area contributed by atoms with Crippen molar-refractivity contribution in [3.8, 4) is 16.3 Å². The molecule has 0 saturated heterocycles. The zero-order valence-electron chi connectivity index (χ0n) is 19.8. The molecule has 35 heavy (non-hydrogen) atoms. The maximum Gasteiger partial charge on any atom is 0.337 e. The van der Waals surface area contributed by atoms with Crippen LogP contribution < -0.4 is 9.04 Å². The van der Waals surface area contributed by atoms with Crippen molar-refractivity contribution < 1.29 is 27.4 Å². The Morgan fingerprint density at radius 3 is 2.51 bits per heavy atom. The van der Waals surface area contributed by atoms with Gasteiger partial charge in [-0.25, -0.2) is 22.5 Å². The van der Waals surface area contributed by atoms with Crippen molar-refractivity contribution in [3.63, 3.8) is 0 Å². The highest BCUT2D eigenvalue weighted by molar-refractivity contribution is 7.74. The molecule has 2 aromatic carbocycles. The highest BCUT2D eigenvalue weighted by atomic mass is 32.2. The molecule has 0 radical (unpaired) electrons. The maximum absolute atomic E-state index is 12.2. The molecule has 0 amide bonds. The predicted octanol–water partition coefficient (Wildman–Crippen LogP) is 4.94. The van der Waals surface area contributed by atoms with E-state index in [4.69, 9.17) is 14.2 Å². The Labute approximate surface area is 210 Å². The topological polar surface area (TPSA) is 95.0 Å². The van der Waals surface area contributed by atoms with E-state index in [0.717, 1.165) is 35.6 Å². The van der Waals surface area contributed by atoms with Crippen molar-refractivity contribution in [2.24, 2.45) is 0 Å². The van der Waals surface area contributed by atoms with Gasteiger partial charge in [0.15, 0.2) is 5.82 Å². The van der Waals surface area contributed by atoms with E-state index in [1.165, 1.54) is 49.3 Å². The van der Waals surface area contributed by atoms with Crippen LogP contribution in [0.2, 0.25) is 0 Å². The second kappa shape index (κ2) is 11.2. The van der Waals surface area contributed by atoms with E-state index in [0.29, 0.717) is 17.0 Å². The van der Waals surface area contributed by atoms with E-state index >= 15 is 0 Å². The first kappa shape index (κ1) is 25.2. The molecule has 1 saturated carbocycles. The summed E-state index contributed by atoms with van der Waals surface area (Å²) >= 11 is 1.36. The summed E-state index contributed by atoms with van der Waals surface area (Å²) in [7, 11) is 1.39. The number of thiol groups is 1. The van der Waals surface area contributed by atoms with Crippen LogP contribution in [0.1, 0.15) is 47.5 Å². The van der Waals surface area contributed by atoms with Gasteiger partial charge >= 0.3 is 5.97 Å². The Bertz CT molecular complexity index is 1250. The highest BCUT2D eigenvalue weighted by Crippen LogP contribution is 2.38. The molecule has 0 bridgehead atoms. The fourth-order valence-electron chi connectivity index (χ4n) is 4.45. The number of ether oxygens (including phenoxy) is 3. The summed E-state index contributed by atoms with van der Waals surface area (Å²) in [6.07, 6.45) is 4.77. The number of methoxy groups -OCH3 is 3. The zero-order valence-corrected chi connectivity index (χ0v) is 21.5. The maximum atomic E-state index is 12.2. The number of hydrogen-bond acceptors (Lipinski definition) is 8. The van der Waals surface area contributed by atoms with Crippen LogP contribution in [-0.4, -0.2) is 46.8 Å². The van der Waals surface area contributed by atoms with Crippen molar-refractivity contribution in [1.82, 2.24) is 4.98 Å². The first-order valence-electron chi connectivity index (χ1n) is 11.2. The third kappa shape index (κ3) is 5.50. The van der Waals surface area contributed by atoms with Crippen molar-refractivity contribution in [2.75, 3.05) is 25.6 Å². The number of nitrogens with zero attached hydrogens (tertiary/aromatic N) is 2. The fourth-order valence-corrected chi connectivity index (χ4v) is 5.93. The van der Waals surface area contributed by atoms with Crippen molar-refractivity contribution in [2.45, 2.75) is 37.7 Å². The van der Waals surface area contributed by atoms with Gasteiger partial charge in [-0.15, -0.1) is 11.3 Å². The molecule has 8 nitrogen and oxygen atoms in total. The number of carbonyl (C=O) groups is 1. The molecule has 2 atom stereocenters. The lowest BCUT2D eigenvalue weighted by molar-refractivity contribution is 0.0600. The number of hydrogen-bond donors (Lipinski definition) is 1. The van der Waals surface area contributed by atoms with Gasteiger partial charge in [0.2, 0.25) is 10.9 Å². The minimum atomic E-state index is -3.07. The standard InChI is InChI=1S/C25H28N2O6S2/c1-31-20-6-4-5-18(13-20)16-7-9-17(10-8-16)24-26-23(15-34-24)27(35(29)30)21-12-11-19(25(28)33-3)14-22(21)32-2/h7-12,14-15,18,20,35H,4-6,13H2,1-3H3. The number of esters is 1. The van der Waals surface area contributed by atoms with E-state index in [2.05, 4.69) is 17.1 Å². The molecule has 0 aliphatic heterocycles. The average Bonchev–Trinajstić information content (AvgIpc) is 3.38. The lowest BCUT2D eigenvalue weighted by Crippen LogP contribution is -2.20.